The summed E-state index contributed by atoms with van der Waals surface area (Å²) >= 11 is 0. The Bertz CT molecular complexity index is 234. The van der Waals surface area contributed by atoms with E-state index in [9.17, 15) is 5.11 Å². The lowest BCUT2D eigenvalue weighted by Gasteiger charge is -2.31. The van der Waals surface area contributed by atoms with Gasteiger partial charge in [-0.1, -0.05) is 6.42 Å². The summed E-state index contributed by atoms with van der Waals surface area (Å²) in [5.74, 6) is 0.533. The average molecular weight is 226 g/mol. The first-order valence-electron chi connectivity index (χ1n) is 6.79. The molecule has 3 unspecified atom stereocenters. The Morgan fingerprint density at radius 3 is 2.81 bits per heavy atom. The third kappa shape index (κ3) is 2.41. The maximum Gasteiger partial charge on any atom is 0.0613 e. The maximum absolute atomic E-state index is 9.40. The molecule has 0 aromatic carbocycles. The Morgan fingerprint density at radius 1 is 1.38 bits per heavy atom. The molecule has 1 aliphatic carbocycles. The summed E-state index contributed by atoms with van der Waals surface area (Å²) in [4.78, 5) is 2.58. The van der Waals surface area contributed by atoms with E-state index in [0.717, 1.165) is 12.5 Å². The van der Waals surface area contributed by atoms with Crippen LogP contribution in [0.5, 0.6) is 0 Å². The molecule has 1 aliphatic heterocycles. The van der Waals surface area contributed by atoms with Crippen LogP contribution in [0.15, 0.2) is 0 Å². The molecule has 1 saturated heterocycles. The van der Waals surface area contributed by atoms with Crippen LogP contribution < -0.4 is 5.73 Å². The molecular formula is C13H26N2O. The second-order valence-electron chi connectivity index (χ2n) is 5.80. The lowest BCUT2D eigenvalue weighted by atomic mass is 9.86. The van der Waals surface area contributed by atoms with Crippen LogP contribution in [0, 0.1) is 5.92 Å². The predicted molar refractivity (Wildman–Crippen MR) is 66.2 cm³/mol. The molecule has 0 aromatic rings. The van der Waals surface area contributed by atoms with E-state index in [1.54, 1.807) is 0 Å². The lowest BCUT2D eigenvalue weighted by molar-refractivity contribution is 0.143. The molecule has 16 heavy (non-hydrogen) atoms. The monoisotopic (exact) mass is 226 g/mol. The van der Waals surface area contributed by atoms with Gasteiger partial charge in [-0.2, -0.15) is 0 Å². The highest BCUT2D eigenvalue weighted by atomic mass is 16.3. The second kappa shape index (κ2) is 5.03. The van der Waals surface area contributed by atoms with Gasteiger partial charge in [-0.3, -0.25) is 0 Å². The standard InChI is InChI=1S/C13H26N2O/c1-11-4-3-8-15(11)9-6-12-5-2-7-13(12,14)10-16/h11-12,16H,2-10,14H2,1H3. The molecule has 2 aliphatic rings. The van der Waals surface area contributed by atoms with Crippen LogP contribution in [-0.4, -0.2) is 41.3 Å². The van der Waals surface area contributed by atoms with Gasteiger partial charge >= 0.3 is 0 Å². The van der Waals surface area contributed by atoms with Gasteiger partial charge in [0, 0.05) is 11.6 Å². The molecule has 0 amide bonds. The molecule has 94 valence electrons. The minimum absolute atomic E-state index is 0.160. The maximum atomic E-state index is 9.40. The fourth-order valence-corrected chi connectivity index (χ4v) is 3.46. The van der Waals surface area contributed by atoms with Crippen molar-refractivity contribution in [1.82, 2.24) is 4.90 Å². The third-order valence-electron chi connectivity index (χ3n) is 4.76. The lowest BCUT2D eigenvalue weighted by Crippen LogP contribution is -2.48. The third-order valence-corrected chi connectivity index (χ3v) is 4.76. The Balaban J connectivity index is 1.81. The Morgan fingerprint density at radius 2 is 2.19 bits per heavy atom. The van der Waals surface area contributed by atoms with Gasteiger partial charge < -0.3 is 15.7 Å². The van der Waals surface area contributed by atoms with Gasteiger partial charge in [0.15, 0.2) is 0 Å². The van der Waals surface area contributed by atoms with Crippen molar-refractivity contribution in [1.29, 1.82) is 0 Å². The Hall–Kier alpha value is -0.120. The minimum atomic E-state index is -0.275. The molecular weight excluding hydrogens is 200 g/mol. The predicted octanol–water partition coefficient (Wildman–Crippen LogP) is 1.35. The molecule has 2 rings (SSSR count). The Labute approximate surface area is 99.0 Å². The summed E-state index contributed by atoms with van der Waals surface area (Å²) in [5, 5.41) is 9.40. The van der Waals surface area contributed by atoms with E-state index in [1.165, 1.54) is 45.2 Å². The SMILES string of the molecule is CC1CCCN1CCC1CCCC1(N)CO. The van der Waals surface area contributed by atoms with E-state index in [-0.39, 0.29) is 12.1 Å². The van der Waals surface area contributed by atoms with Crippen LogP contribution in [0.2, 0.25) is 0 Å². The van der Waals surface area contributed by atoms with Crippen molar-refractivity contribution in [3.05, 3.63) is 0 Å². The van der Waals surface area contributed by atoms with Crippen molar-refractivity contribution < 1.29 is 5.11 Å². The second-order valence-corrected chi connectivity index (χ2v) is 5.80. The molecule has 3 N–H and O–H groups in total. The molecule has 0 radical (unpaired) electrons. The van der Waals surface area contributed by atoms with Crippen molar-refractivity contribution in [2.45, 2.75) is 57.0 Å². The zero-order valence-electron chi connectivity index (χ0n) is 10.5. The molecule has 0 aromatic heterocycles. The number of aliphatic hydroxyl groups excluding tert-OH is 1. The molecule has 0 spiro atoms. The molecule has 1 saturated carbocycles. The number of hydrogen-bond acceptors (Lipinski definition) is 3. The van der Waals surface area contributed by atoms with E-state index >= 15 is 0 Å². The van der Waals surface area contributed by atoms with Crippen molar-refractivity contribution >= 4 is 0 Å². The van der Waals surface area contributed by atoms with Gasteiger partial charge in [0.2, 0.25) is 0 Å². The van der Waals surface area contributed by atoms with E-state index in [1.807, 2.05) is 0 Å². The number of rotatable bonds is 4. The van der Waals surface area contributed by atoms with Gasteiger partial charge in [0.05, 0.1) is 6.61 Å². The van der Waals surface area contributed by atoms with Crippen molar-refractivity contribution in [2.24, 2.45) is 11.7 Å². The summed E-state index contributed by atoms with van der Waals surface area (Å²) < 4.78 is 0. The van der Waals surface area contributed by atoms with Crippen LogP contribution in [0.4, 0.5) is 0 Å². The van der Waals surface area contributed by atoms with Gasteiger partial charge in [0.1, 0.15) is 0 Å². The van der Waals surface area contributed by atoms with Crippen LogP contribution in [0.1, 0.15) is 45.4 Å². The normalized spacial score (nSPS) is 40.7. The molecule has 1 heterocycles. The van der Waals surface area contributed by atoms with Crippen LogP contribution >= 0.6 is 0 Å². The van der Waals surface area contributed by atoms with E-state index in [0.29, 0.717) is 5.92 Å². The van der Waals surface area contributed by atoms with Crippen LogP contribution in [0.25, 0.3) is 0 Å². The molecule has 3 heteroatoms. The highest BCUT2D eigenvalue weighted by molar-refractivity contribution is 4.96. The van der Waals surface area contributed by atoms with Crippen molar-refractivity contribution in [3.8, 4) is 0 Å². The van der Waals surface area contributed by atoms with Crippen molar-refractivity contribution in [3.63, 3.8) is 0 Å². The number of aliphatic hydroxyl groups is 1. The van der Waals surface area contributed by atoms with Crippen LogP contribution in [0.3, 0.4) is 0 Å². The summed E-state index contributed by atoms with van der Waals surface area (Å²) in [5.41, 5.74) is 5.98. The highest BCUT2D eigenvalue weighted by Gasteiger charge is 2.38. The molecule has 3 atom stereocenters. The minimum Gasteiger partial charge on any atom is -0.394 e. The first-order valence-corrected chi connectivity index (χ1v) is 6.79. The van der Waals surface area contributed by atoms with E-state index < -0.39 is 0 Å². The van der Waals surface area contributed by atoms with E-state index in [4.69, 9.17) is 5.73 Å². The summed E-state index contributed by atoms with van der Waals surface area (Å²) in [6.45, 7) is 4.91. The molecule has 3 nitrogen and oxygen atoms in total. The summed E-state index contributed by atoms with van der Waals surface area (Å²) in [7, 11) is 0. The first-order chi connectivity index (χ1) is 7.65. The zero-order chi connectivity index (χ0) is 11.6. The molecule has 0 bridgehead atoms. The van der Waals surface area contributed by atoms with Crippen molar-refractivity contribution in [2.75, 3.05) is 19.7 Å². The van der Waals surface area contributed by atoms with E-state index in [2.05, 4.69) is 11.8 Å². The Kier molecular flexibility index (Phi) is 3.88. The highest BCUT2D eigenvalue weighted by Crippen LogP contribution is 2.36. The quantitative estimate of drug-likeness (QED) is 0.761. The van der Waals surface area contributed by atoms with Gasteiger partial charge in [-0.25, -0.2) is 0 Å². The fourth-order valence-electron chi connectivity index (χ4n) is 3.46. The fraction of sp³-hybridized carbons (Fsp3) is 1.00. The van der Waals surface area contributed by atoms with Gasteiger partial charge in [-0.15, -0.1) is 0 Å². The first kappa shape index (κ1) is 12.3. The van der Waals surface area contributed by atoms with Gasteiger partial charge in [0.25, 0.3) is 0 Å². The largest absolute Gasteiger partial charge is 0.394 e. The number of nitrogens with two attached hydrogens (primary N) is 1. The molecule has 2 fully saturated rings. The average Bonchev–Trinajstić information content (AvgIpc) is 2.83. The number of likely N-dealkylation sites (tertiary alicyclic amines) is 1. The van der Waals surface area contributed by atoms with Gasteiger partial charge in [-0.05, 0) is 58.0 Å². The smallest absolute Gasteiger partial charge is 0.0613 e. The zero-order valence-corrected chi connectivity index (χ0v) is 10.5. The summed E-state index contributed by atoms with van der Waals surface area (Å²) in [6.07, 6.45) is 7.26. The van der Waals surface area contributed by atoms with Crippen LogP contribution in [-0.2, 0) is 0 Å². The topological polar surface area (TPSA) is 49.5 Å². The number of nitrogens with zero attached hydrogens (tertiary/aromatic N) is 1. The summed E-state index contributed by atoms with van der Waals surface area (Å²) in [6, 6.07) is 0.753. The number of hydrogen-bond donors (Lipinski definition) is 2.